The fourth-order valence-electron chi connectivity index (χ4n) is 5.97. The molecule has 0 spiro atoms. The van der Waals surface area contributed by atoms with Gasteiger partial charge in [0.05, 0.1) is 5.56 Å². The molecular formula is C33H25F9N2O2. The predicted octanol–water partition coefficient (Wildman–Crippen LogP) is 9.14. The van der Waals surface area contributed by atoms with Crippen LogP contribution in [0.1, 0.15) is 33.4 Å². The predicted molar refractivity (Wildman–Crippen MR) is 152 cm³/mol. The number of anilines is 2. The van der Waals surface area contributed by atoms with Gasteiger partial charge in [-0.3, -0.25) is 0 Å². The second-order valence-electron chi connectivity index (χ2n) is 11.2. The number of hydrogen-bond acceptors (Lipinski definition) is 4. The molecule has 2 aliphatic rings. The first-order valence-electron chi connectivity index (χ1n) is 14.0. The number of benzene rings is 4. The van der Waals surface area contributed by atoms with Crippen molar-refractivity contribution < 1.29 is 49.0 Å². The van der Waals surface area contributed by atoms with Crippen molar-refractivity contribution in [1.29, 1.82) is 0 Å². The van der Waals surface area contributed by atoms with Crippen LogP contribution in [0.4, 0.5) is 50.9 Å². The van der Waals surface area contributed by atoms with Gasteiger partial charge in [-0.05, 0) is 78.2 Å². The van der Waals surface area contributed by atoms with Crippen LogP contribution >= 0.6 is 0 Å². The molecule has 0 bridgehead atoms. The third kappa shape index (κ3) is 5.45. The number of rotatable bonds is 4. The standard InChI is InChI=1S/C33H25F9N2O2/c1-20-4-2-6-26(12-20)43-16-21-13-23(8-10-28(21)45-18-43)30(32(37,38)39,33(40,41)42)24-9-11-29-22(14-24)17-44(19-46-29)27-7-3-5-25(15-27)31(34,35)36/h2-15H,16-19H2,1H3. The molecule has 242 valence electrons. The number of fused-ring (bicyclic) bond motifs is 2. The molecule has 0 atom stereocenters. The molecular weight excluding hydrogens is 627 g/mol. The summed E-state index contributed by atoms with van der Waals surface area (Å²) in [5.41, 5.74) is -5.84. The number of halogens is 9. The lowest BCUT2D eigenvalue weighted by atomic mass is 9.72. The molecule has 4 nitrogen and oxygen atoms in total. The highest BCUT2D eigenvalue weighted by Crippen LogP contribution is 2.57. The van der Waals surface area contributed by atoms with Crippen LogP contribution in [-0.2, 0) is 24.7 Å². The van der Waals surface area contributed by atoms with E-state index in [2.05, 4.69) is 0 Å². The lowest BCUT2D eigenvalue weighted by Gasteiger charge is -2.40. The van der Waals surface area contributed by atoms with Gasteiger partial charge in [0, 0.05) is 35.6 Å². The summed E-state index contributed by atoms with van der Waals surface area (Å²) in [4.78, 5) is 2.99. The van der Waals surface area contributed by atoms with E-state index in [-0.39, 0.29) is 54.9 Å². The first kappa shape index (κ1) is 31.4. The van der Waals surface area contributed by atoms with Gasteiger partial charge in [0.25, 0.3) is 0 Å². The normalized spacial score (nSPS) is 15.5. The van der Waals surface area contributed by atoms with Gasteiger partial charge in [0.2, 0.25) is 5.41 Å². The Morgan fingerprint density at radius 2 is 1.02 bits per heavy atom. The molecule has 0 radical (unpaired) electrons. The van der Waals surface area contributed by atoms with Gasteiger partial charge in [-0.25, -0.2) is 0 Å². The largest absolute Gasteiger partial charge is 0.473 e. The molecule has 0 aromatic heterocycles. The molecule has 0 fully saturated rings. The smallest absolute Gasteiger partial charge is 0.416 e. The van der Waals surface area contributed by atoms with Crippen LogP contribution < -0.4 is 19.3 Å². The van der Waals surface area contributed by atoms with E-state index >= 15 is 26.3 Å². The maximum absolute atomic E-state index is 15.1. The van der Waals surface area contributed by atoms with E-state index in [0.717, 1.165) is 60.2 Å². The van der Waals surface area contributed by atoms with Crippen molar-refractivity contribution in [2.24, 2.45) is 0 Å². The first-order chi connectivity index (χ1) is 21.6. The van der Waals surface area contributed by atoms with E-state index in [4.69, 9.17) is 9.47 Å². The summed E-state index contributed by atoms with van der Waals surface area (Å²) in [6.45, 7) is 1.35. The van der Waals surface area contributed by atoms with Crippen molar-refractivity contribution in [2.75, 3.05) is 23.3 Å². The molecule has 46 heavy (non-hydrogen) atoms. The molecule has 0 amide bonds. The number of aryl methyl sites for hydroxylation is 1. The van der Waals surface area contributed by atoms with Crippen LogP contribution in [0, 0.1) is 6.92 Å². The minimum atomic E-state index is -5.85. The molecule has 0 N–H and O–H groups in total. The Bertz CT molecular complexity index is 1750. The van der Waals surface area contributed by atoms with Crippen LogP contribution in [0.2, 0.25) is 0 Å². The summed E-state index contributed by atoms with van der Waals surface area (Å²) in [5.74, 6) is 0.194. The highest BCUT2D eigenvalue weighted by Gasteiger charge is 2.72. The third-order valence-electron chi connectivity index (χ3n) is 8.22. The number of nitrogens with zero attached hydrogens (tertiary/aromatic N) is 2. The second-order valence-corrected chi connectivity index (χ2v) is 11.2. The van der Waals surface area contributed by atoms with E-state index in [9.17, 15) is 13.2 Å². The Labute approximate surface area is 257 Å². The number of hydrogen-bond donors (Lipinski definition) is 0. The molecule has 4 aromatic rings. The zero-order chi connectivity index (χ0) is 33.1. The molecule has 13 heteroatoms. The summed E-state index contributed by atoms with van der Waals surface area (Å²) in [6.07, 6.45) is -16.4. The SMILES string of the molecule is Cc1cccc(N2COc3ccc(C(c4ccc5c(c4)CN(c4cccc(C(F)(F)F)c4)CO5)(C(F)(F)F)C(F)(F)F)cc3C2)c1. The highest BCUT2D eigenvalue weighted by molar-refractivity contribution is 5.57. The Morgan fingerprint density at radius 3 is 1.48 bits per heavy atom. The van der Waals surface area contributed by atoms with Crippen LogP contribution in [-0.4, -0.2) is 25.8 Å². The minimum Gasteiger partial charge on any atom is -0.473 e. The van der Waals surface area contributed by atoms with Crippen LogP contribution in [0.5, 0.6) is 11.5 Å². The summed E-state index contributed by atoms with van der Waals surface area (Å²) in [5, 5.41) is 0. The lowest BCUT2D eigenvalue weighted by molar-refractivity contribution is -0.288. The second kappa shape index (κ2) is 11.1. The van der Waals surface area contributed by atoms with Gasteiger partial charge >= 0.3 is 18.5 Å². The molecule has 2 aliphatic heterocycles. The molecule has 2 heterocycles. The Morgan fingerprint density at radius 1 is 0.543 bits per heavy atom. The van der Waals surface area contributed by atoms with Crippen molar-refractivity contribution in [3.05, 3.63) is 118 Å². The maximum atomic E-state index is 15.1. The zero-order valence-electron chi connectivity index (χ0n) is 24.0. The van der Waals surface area contributed by atoms with Crippen molar-refractivity contribution in [3.8, 4) is 11.5 Å². The summed E-state index contributed by atoms with van der Waals surface area (Å²) in [7, 11) is 0. The molecule has 4 aromatic carbocycles. The third-order valence-corrected chi connectivity index (χ3v) is 8.22. The summed E-state index contributed by atoms with van der Waals surface area (Å²) in [6, 6.07) is 16.7. The monoisotopic (exact) mass is 652 g/mol. The topological polar surface area (TPSA) is 24.9 Å². The average molecular weight is 653 g/mol. The van der Waals surface area contributed by atoms with Crippen molar-refractivity contribution in [3.63, 3.8) is 0 Å². The van der Waals surface area contributed by atoms with Gasteiger partial charge in [0.15, 0.2) is 13.5 Å². The Hall–Kier alpha value is -4.55. The number of ether oxygens (including phenoxy) is 2. The first-order valence-corrected chi connectivity index (χ1v) is 14.0. The quantitative estimate of drug-likeness (QED) is 0.206. The van der Waals surface area contributed by atoms with Crippen molar-refractivity contribution >= 4 is 11.4 Å². The maximum Gasteiger partial charge on any atom is 0.416 e. The molecule has 0 unspecified atom stereocenters. The van der Waals surface area contributed by atoms with Crippen LogP contribution in [0.3, 0.4) is 0 Å². The fraction of sp³-hybridized carbons (Fsp3) is 0.273. The van der Waals surface area contributed by atoms with Gasteiger partial charge in [-0.1, -0.05) is 30.3 Å². The highest BCUT2D eigenvalue weighted by atomic mass is 19.4. The summed E-state index contributed by atoms with van der Waals surface area (Å²) >= 11 is 0. The molecule has 0 saturated carbocycles. The minimum absolute atomic E-state index is 0.00238. The van der Waals surface area contributed by atoms with Gasteiger partial charge in [0.1, 0.15) is 11.5 Å². The van der Waals surface area contributed by atoms with E-state index in [1.807, 2.05) is 19.1 Å². The number of alkyl halides is 9. The Balaban J connectivity index is 1.42. The average Bonchev–Trinajstić information content (AvgIpc) is 2.99. The van der Waals surface area contributed by atoms with Crippen LogP contribution in [0.15, 0.2) is 84.9 Å². The Kier molecular flexibility index (Phi) is 7.56. The van der Waals surface area contributed by atoms with E-state index < -0.39 is 40.6 Å². The zero-order valence-corrected chi connectivity index (χ0v) is 24.0. The van der Waals surface area contributed by atoms with E-state index in [1.165, 1.54) is 11.0 Å². The summed E-state index contributed by atoms with van der Waals surface area (Å²) < 4.78 is 142. The fourth-order valence-corrected chi connectivity index (χ4v) is 5.97. The van der Waals surface area contributed by atoms with E-state index in [0.29, 0.717) is 5.69 Å². The van der Waals surface area contributed by atoms with Gasteiger partial charge < -0.3 is 19.3 Å². The van der Waals surface area contributed by atoms with Gasteiger partial charge in [-0.2, -0.15) is 39.5 Å². The van der Waals surface area contributed by atoms with Crippen LogP contribution in [0.25, 0.3) is 0 Å². The van der Waals surface area contributed by atoms with E-state index in [1.54, 1.807) is 17.0 Å². The van der Waals surface area contributed by atoms with Crippen molar-refractivity contribution in [1.82, 2.24) is 0 Å². The van der Waals surface area contributed by atoms with Crippen molar-refractivity contribution in [2.45, 2.75) is 44.0 Å². The molecule has 0 aliphatic carbocycles. The van der Waals surface area contributed by atoms with Gasteiger partial charge in [-0.15, -0.1) is 0 Å². The molecule has 6 rings (SSSR count). The molecule has 0 saturated heterocycles. The lowest BCUT2D eigenvalue weighted by Crippen LogP contribution is -2.55.